The maximum absolute atomic E-state index is 6.35. The van der Waals surface area contributed by atoms with Crippen LogP contribution in [0.15, 0.2) is 211 Å². The van der Waals surface area contributed by atoms with E-state index in [9.17, 15) is 0 Å². The zero-order valence-corrected chi connectivity index (χ0v) is 34.6. The summed E-state index contributed by atoms with van der Waals surface area (Å²) in [6, 6.07) is 72.8. The summed E-state index contributed by atoms with van der Waals surface area (Å²) in [4.78, 5) is 15.7. The Hall–Kier alpha value is -8.19. The van der Waals surface area contributed by atoms with Gasteiger partial charge in [0.1, 0.15) is 11.2 Å². The first-order valence-electron chi connectivity index (χ1n) is 21.1. The first-order valence-corrected chi connectivity index (χ1v) is 21.9. The molecule has 0 spiro atoms. The second-order valence-corrected chi connectivity index (χ2v) is 17.0. The van der Waals surface area contributed by atoms with Crippen LogP contribution in [0.4, 0.5) is 0 Å². The molecular weight excluding hydrogens is 789 g/mol. The zero-order valence-electron chi connectivity index (χ0n) is 33.7. The number of hydrogen-bond acceptors (Lipinski definition) is 5. The summed E-state index contributed by atoms with van der Waals surface area (Å²) in [6.45, 7) is 0. The fourth-order valence-corrected chi connectivity index (χ4v) is 10.4. The van der Waals surface area contributed by atoms with E-state index in [4.69, 9.17) is 19.4 Å². The van der Waals surface area contributed by atoms with Gasteiger partial charge in [-0.05, 0) is 65.7 Å². The minimum Gasteiger partial charge on any atom is -0.456 e. The van der Waals surface area contributed by atoms with Crippen molar-refractivity contribution in [3.63, 3.8) is 0 Å². The normalized spacial score (nSPS) is 11.8. The Morgan fingerprint density at radius 3 is 1.60 bits per heavy atom. The van der Waals surface area contributed by atoms with Crippen LogP contribution in [0.25, 0.3) is 126 Å². The summed E-state index contributed by atoms with van der Waals surface area (Å²) in [5, 5.41) is 7.15. The van der Waals surface area contributed by atoms with E-state index in [1.807, 2.05) is 53.8 Å². The Balaban J connectivity index is 1.11. The van der Waals surface area contributed by atoms with Crippen LogP contribution in [0.5, 0.6) is 0 Å². The van der Waals surface area contributed by atoms with Crippen LogP contribution < -0.4 is 0 Å². The molecule has 5 nitrogen and oxygen atoms in total. The van der Waals surface area contributed by atoms with Crippen LogP contribution in [0.3, 0.4) is 0 Å². The number of thiophene rings is 1. The number of para-hydroxylation sites is 2. The molecular formula is C57H34N4OS. The summed E-state index contributed by atoms with van der Waals surface area (Å²) in [5.74, 6) is 1.75. The van der Waals surface area contributed by atoms with Gasteiger partial charge in [0.2, 0.25) is 0 Å². The van der Waals surface area contributed by atoms with Crippen molar-refractivity contribution in [2.24, 2.45) is 0 Å². The quantitative estimate of drug-likeness (QED) is 0.168. The van der Waals surface area contributed by atoms with Crippen molar-refractivity contribution in [3.05, 3.63) is 206 Å². The van der Waals surface area contributed by atoms with Gasteiger partial charge in [0.25, 0.3) is 0 Å². The Morgan fingerprint density at radius 1 is 0.333 bits per heavy atom. The number of fused-ring (bicyclic) bond motifs is 9. The van der Waals surface area contributed by atoms with E-state index < -0.39 is 0 Å². The topological polar surface area (TPSA) is 56.7 Å². The lowest BCUT2D eigenvalue weighted by molar-refractivity contribution is 0.669. The molecule has 9 aromatic carbocycles. The molecule has 0 aliphatic heterocycles. The van der Waals surface area contributed by atoms with Crippen molar-refractivity contribution in [1.29, 1.82) is 0 Å². The molecule has 6 heteroatoms. The Kier molecular flexibility index (Phi) is 8.01. The predicted octanol–water partition coefficient (Wildman–Crippen LogP) is 15.6. The minimum absolute atomic E-state index is 0.572. The SMILES string of the molecule is c1ccc(-c2nc(-c3cc(-c4ccccc4)c(-n4c5ccccc5c5cc6c(cc54)sc4ccccc46)c(-c4ccccc4)c3)nc(-c3ccc4c(c3)oc3ccccc34)n2)cc1. The van der Waals surface area contributed by atoms with E-state index in [0.717, 1.165) is 77.6 Å². The van der Waals surface area contributed by atoms with Crippen molar-refractivity contribution in [2.45, 2.75) is 0 Å². The third-order valence-corrected chi connectivity index (χ3v) is 13.4. The maximum atomic E-state index is 6.35. The van der Waals surface area contributed by atoms with Crippen LogP contribution in [0.1, 0.15) is 0 Å². The molecule has 4 aromatic heterocycles. The van der Waals surface area contributed by atoms with Crippen LogP contribution in [-0.2, 0) is 0 Å². The largest absolute Gasteiger partial charge is 0.456 e. The standard InChI is InChI=1S/C57H34N4OS/c1-4-16-35(17-5-1)44-30-39(57-59-55(37-20-8-3-9-21-37)58-56(60-57)38-28-29-42-41-23-11-14-26-50(41)62-51(42)32-38)31-45(36-18-6-2-7-19-36)54(44)61-48-25-13-10-22-40(48)46-33-47-43-24-12-15-27-52(43)63-53(47)34-49(46)61/h1-34H. The molecule has 0 amide bonds. The molecule has 63 heavy (non-hydrogen) atoms. The molecule has 0 bridgehead atoms. The number of rotatable bonds is 6. The highest BCUT2D eigenvalue weighted by Gasteiger charge is 2.24. The summed E-state index contributed by atoms with van der Waals surface area (Å²) >= 11 is 1.85. The van der Waals surface area contributed by atoms with Crippen LogP contribution in [-0.4, -0.2) is 19.5 Å². The summed E-state index contributed by atoms with van der Waals surface area (Å²) in [6.07, 6.45) is 0. The predicted molar refractivity (Wildman–Crippen MR) is 262 cm³/mol. The van der Waals surface area contributed by atoms with E-state index in [1.165, 1.54) is 30.9 Å². The van der Waals surface area contributed by atoms with Crippen molar-refractivity contribution >= 4 is 75.3 Å². The monoisotopic (exact) mass is 822 g/mol. The van der Waals surface area contributed by atoms with Gasteiger partial charge in [-0.15, -0.1) is 11.3 Å². The molecule has 0 N–H and O–H groups in total. The van der Waals surface area contributed by atoms with E-state index in [-0.39, 0.29) is 0 Å². The molecule has 0 atom stereocenters. The number of benzene rings is 9. The molecule has 0 radical (unpaired) electrons. The van der Waals surface area contributed by atoms with E-state index in [1.54, 1.807) is 0 Å². The number of hydrogen-bond donors (Lipinski definition) is 0. The summed E-state index contributed by atoms with van der Waals surface area (Å²) in [7, 11) is 0. The summed E-state index contributed by atoms with van der Waals surface area (Å²) < 4.78 is 11.4. The second kappa shape index (κ2) is 14.2. The molecule has 0 aliphatic rings. The van der Waals surface area contributed by atoms with Crippen molar-refractivity contribution in [3.8, 4) is 62.1 Å². The third-order valence-electron chi connectivity index (χ3n) is 12.2. The van der Waals surface area contributed by atoms with Gasteiger partial charge >= 0.3 is 0 Å². The molecule has 13 aromatic rings. The highest BCUT2D eigenvalue weighted by atomic mass is 32.1. The first-order chi connectivity index (χ1) is 31.2. The molecule has 294 valence electrons. The van der Waals surface area contributed by atoms with Gasteiger partial charge in [0.05, 0.1) is 16.7 Å². The van der Waals surface area contributed by atoms with Gasteiger partial charge in [-0.3, -0.25) is 0 Å². The second-order valence-electron chi connectivity index (χ2n) is 15.9. The highest BCUT2D eigenvalue weighted by Crippen LogP contribution is 2.46. The lowest BCUT2D eigenvalue weighted by Crippen LogP contribution is -2.04. The van der Waals surface area contributed by atoms with Crippen molar-refractivity contribution < 1.29 is 4.42 Å². The minimum atomic E-state index is 0.572. The first kappa shape index (κ1) is 35.6. The number of nitrogens with zero attached hydrogens (tertiary/aromatic N) is 4. The molecule has 0 unspecified atom stereocenters. The van der Waals surface area contributed by atoms with Gasteiger partial charge in [-0.2, -0.15) is 0 Å². The average Bonchev–Trinajstić information content (AvgIpc) is 4.02. The lowest BCUT2D eigenvalue weighted by atomic mass is 9.92. The van der Waals surface area contributed by atoms with E-state index in [2.05, 4.69) is 168 Å². The molecule has 0 saturated heterocycles. The zero-order chi connectivity index (χ0) is 41.4. The number of aromatic nitrogens is 4. The Bertz CT molecular complexity index is 3850. The van der Waals surface area contributed by atoms with Gasteiger partial charge < -0.3 is 8.98 Å². The molecule has 13 rings (SSSR count). The Labute approximate surface area is 365 Å². The van der Waals surface area contributed by atoms with Gasteiger partial charge in [-0.25, -0.2) is 15.0 Å². The maximum Gasteiger partial charge on any atom is 0.164 e. The molecule has 0 saturated carbocycles. The van der Waals surface area contributed by atoms with Crippen molar-refractivity contribution in [1.82, 2.24) is 19.5 Å². The van der Waals surface area contributed by atoms with Gasteiger partial charge in [-0.1, -0.05) is 152 Å². The van der Waals surface area contributed by atoms with Gasteiger partial charge in [0.15, 0.2) is 17.5 Å². The molecule has 0 fully saturated rings. The fraction of sp³-hybridized carbons (Fsp3) is 0. The van der Waals surface area contributed by atoms with Crippen LogP contribution >= 0.6 is 11.3 Å². The lowest BCUT2D eigenvalue weighted by Gasteiger charge is -2.21. The highest BCUT2D eigenvalue weighted by molar-refractivity contribution is 7.25. The summed E-state index contributed by atoms with van der Waals surface area (Å²) in [5.41, 5.74) is 12.0. The van der Waals surface area contributed by atoms with Crippen LogP contribution in [0, 0.1) is 0 Å². The van der Waals surface area contributed by atoms with E-state index in [0.29, 0.717) is 17.5 Å². The smallest absolute Gasteiger partial charge is 0.164 e. The van der Waals surface area contributed by atoms with E-state index >= 15 is 0 Å². The van der Waals surface area contributed by atoms with Crippen LogP contribution in [0.2, 0.25) is 0 Å². The Morgan fingerprint density at radius 2 is 0.889 bits per heavy atom. The molecule has 4 heterocycles. The number of furan rings is 1. The fourth-order valence-electron chi connectivity index (χ4n) is 9.32. The average molecular weight is 823 g/mol. The third kappa shape index (κ3) is 5.80. The van der Waals surface area contributed by atoms with Crippen molar-refractivity contribution in [2.75, 3.05) is 0 Å². The molecule has 0 aliphatic carbocycles. The van der Waals surface area contributed by atoms with Gasteiger partial charge in [0, 0.05) is 69.5 Å².